The van der Waals surface area contributed by atoms with Gasteiger partial charge in [-0.1, -0.05) is 0 Å². The summed E-state index contributed by atoms with van der Waals surface area (Å²) < 4.78 is 18.5. The van der Waals surface area contributed by atoms with Crippen molar-refractivity contribution in [2.24, 2.45) is 0 Å². The van der Waals surface area contributed by atoms with E-state index in [0.29, 0.717) is 30.4 Å². The molecule has 1 N–H and O–H groups in total. The van der Waals surface area contributed by atoms with Crippen LogP contribution in [0.2, 0.25) is 0 Å². The molecule has 0 atom stereocenters. The minimum atomic E-state index is -0.199. The van der Waals surface area contributed by atoms with E-state index in [1.165, 1.54) is 18.5 Å². The zero-order valence-electron chi connectivity index (χ0n) is 17.6. The second kappa shape index (κ2) is 10.4. The lowest BCUT2D eigenvalue weighted by Crippen LogP contribution is -2.46. The van der Waals surface area contributed by atoms with Gasteiger partial charge in [-0.2, -0.15) is 5.26 Å². The first-order chi connectivity index (χ1) is 15.2. The van der Waals surface area contributed by atoms with Gasteiger partial charge in [-0.15, -0.1) is 0 Å². The Morgan fingerprint density at radius 1 is 1.00 bits per heavy atom. The lowest BCUT2D eigenvalue weighted by molar-refractivity contribution is 0.122. The molecule has 2 saturated heterocycles. The Labute approximate surface area is 182 Å². The number of nitrogens with zero attached hydrogens (tertiary/aromatic N) is 6. The normalized spacial score (nSPS) is 17.4. The summed E-state index contributed by atoms with van der Waals surface area (Å²) in [6.45, 7) is 8.31. The van der Waals surface area contributed by atoms with Gasteiger partial charge in [-0.05, 0) is 37.2 Å². The molecule has 0 unspecified atom stereocenters. The fourth-order valence-corrected chi connectivity index (χ4v) is 4.02. The smallest absolute Gasteiger partial charge is 0.152 e. The summed E-state index contributed by atoms with van der Waals surface area (Å²) >= 11 is 0. The number of piperazine rings is 1. The first kappa shape index (κ1) is 21.3. The van der Waals surface area contributed by atoms with Crippen molar-refractivity contribution in [1.29, 1.82) is 5.26 Å². The monoisotopic (exact) mass is 425 g/mol. The molecule has 2 fully saturated rings. The first-order valence-corrected chi connectivity index (χ1v) is 10.8. The number of halogens is 1. The molecule has 2 aliphatic heterocycles. The van der Waals surface area contributed by atoms with E-state index in [1.807, 2.05) is 12.1 Å². The number of hydrogen-bond acceptors (Lipinski definition) is 8. The van der Waals surface area contributed by atoms with Crippen LogP contribution in [-0.2, 0) is 4.74 Å². The molecule has 2 aromatic rings. The standard InChI is InChI=1S/C22H28FN7O/c23-18-2-4-19(5-3-18)29-10-8-28(9-11-29)7-1-6-25-21-20(16-24)22(27-17-26-21)30-12-14-31-15-13-30/h2-5,17H,1,6-15H2,(H,25,26,27). The SMILES string of the molecule is N#Cc1c(NCCCN2CCN(c3ccc(F)cc3)CC2)ncnc1N1CCOCC1. The summed E-state index contributed by atoms with van der Waals surface area (Å²) in [6, 6.07) is 8.98. The van der Waals surface area contributed by atoms with E-state index in [1.54, 1.807) is 0 Å². The molecule has 2 aliphatic rings. The summed E-state index contributed by atoms with van der Waals surface area (Å²) in [5, 5.41) is 13.0. The summed E-state index contributed by atoms with van der Waals surface area (Å²) in [5.74, 6) is 1.08. The molecule has 0 aliphatic carbocycles. The molecule has 0 saturated carbocycles. The predicted molar refractivity (Wildman–Crippen MR) is 118 cm³/mol. The largest absolute Gasteiger partial charge is 0.378 e. The van der Waals surface area contributed by atoms with Gasteiger partial charge in [0.2, 0.25) is 0 Å². The average molecular weight is 426 g/mol. The molecule has 1 aromatic carbocycles. The third kappa shape index (κ3) is 5.40. The number of aromatic nitrogens is 2. The molecule has 3 heterocycles. The van der Waals surface area contributed by atoms with E-state index in [9.17, 15) is 9.65 Å². The van der Waals surface area contributed by atoms with Crippen molar-refractivity contribution >= 4 is 17.3 Å². The van der Waals surface area contributed by atoms with Crippen LogP contribution in [0.3, 0.4) is 0 Å². The highest BCUT2D eigenvalue weighted by Crippen LogP contribution is 2.23. The number of rotatable bonds is 7. The number of morpholine rings is 1. The van der Waals surface area contributed by atoms with Crippen LogP contribution in [0.15, 0.2) is 30.6 Å². The molecule has 9 heteroatoms. The van der Waals surface area contributed by atoms with Gasteiger partial charge in [-0.3, -0.25) is 4.90 Å². The lowest BCUT2D eigenvalue weighted by Gasteiger charge is -2.36. The molecule has 0 bridgehead atoms. The zero-order chi connectivity index (χ0) is 21.5. The number of ether oxygens (including phenoxy) is 1. The fourth-order valence-electron chi connectivity index (χ4n) is 4.02. The molecular formula is C22H28FN7O. The molecule has 4 rings (SSSR count). The summed E-state index contributed by atoms with van der Waals surface area (Å²) in [4.78, 5) is 15.4. The molecule has 1 aromatic heterocycles. The van der Waals surface area contributed by atoms with Gasteiger partial charge in [0.25, 0.3) is 0 Å². The van der Waals surface area contributed by atoms with Crippen LogP contribution >= 0.6 is 0 Å². The van der Waals surface area contributed by atoms with Crippen LogP contribution in [0.4, 0.5) is 21.7 Å². The topological polar surface area (TPSA) is 80.6 Å². The maximum atomic E-state index is 13.1. The number of nitrogens with one attached hydrogen (secondary N) is 1. The quantitative estimate of drug-likeness (QED) is 0.675. The van der Waals surface area contributed by atoms with Crippen LogP contribution in [0.5, 0.6) is 0 Å². The Hall–Kier alpha value is -2.96. The third-order valence-electron chi connectivity index (χ3n) is 5.76. The Morgan fingerprint density at radius 3 is 2.45 bits per heavy atom. The summed E-state index contributed by atoms with van der Waals surface area (Å²) in [7, 11) is 0. The van der Waals surface area contributed by atoms with Crippen LogP contribution in [-0.4, -0.2) is 80.4 Å². The van der Waals surface area contributed by atoms with Gasteiger partial charge in [-0.25, -0.2) is 14.4 Å². The second-order valence-corrected chi connectivity index (χ2v) is 7.72. The molecule has 0 spiro atoms. The van der Waals surface area contributed by atoms with Crippen molar-refractivity contribution in [3.63, 3.8) is 0 Å². The first-order valence-electron chi connectivity index (χ1n) is 10.8. The Kier molecular flexibility index (Phi) is 7.12. The van der Waals surface area contributed by atoms with Crippen molar-refractivity contribution in [1.82, 2.24) is 14.9 Å². The number of benzene rings is 1. The minimum Gasteiger partial charge on any atom is -0.378 e. The molecule has 31 heavy (non-hydrogen) atoms. The zero-order valence-corrected chi connectivity index (χ0v) is 17.6. The van der Waals surface area contributed by atoms with Crippen LogP contribution in [0, 0.1) is 17.1 Å². The van der Waals surface area contributed by atoms with Gasteiger partial charge < -0.3 is 19.9 Å². The van der Waals surface area contributed by atoms with Gasteiger partial charge in [0.15, 0.2) is 5.82 Å². The Morgan fingerprint density at radius 2 is 1.74 bits per heavy atom. The molecular weight excluding hydrogens is 397 g/mol. The highest BCUT2D eigenvalue weighted by molar-refractivity contribution is 5.65. The maximum absolute atomic E-state index is 13.1. The van der Waals surface area contributed by atoms with E-state index in [0.717, 1.165) is 64.5 Å². The summed E-state index contributed by atoms with van der Waals surface area (Å²) in [5.41, 5.74) is 1.57. The van der Waals surface area contributed by atoms with Crippen molar-refractivity contribution in [2.45, 2.75) is 6.42 Å². The van der Waals surface area contributed by atoms with E-state index in [2.05, 4.69) is 36.1 Å². The van der Waals surface area contributed by atoms with Gasteiger partial charge in [0.05, 0.1) is 13.2 Å². The molecule has 0 radical (unpaired) electrons. The van der Waals surface area contributed by atoms with E-state index in [4.69, 9.17) is 4.74 Å². The van der Waals surface area contributed by atoms with E-state index < -0.39 is 0 Å². The maximum Gasteiger partial charge on any atom is 0.152 e. The van der Waals surface area contributed by atoms with E-state index in [-0.39, 0.29) is 5.82 Å². The van der Waals surface area contributed by atoms with Crippen molar-refractivity contribution in [2.75, 3.05) is 80.7 Å². The highest BCUT2D eigenvalue weighted by Gasteiger charge is 2.20. The number of hydrogen-bond donors (Lipinski definition) is 1. The second-order valence-electron chi connectivity index (χ2n) is 7.72. The third-order valence-corrected chi connectivity index (χ3v) is 5.76. The van der Waals surface area contributed by atoms with E-state index >= 15 is 0 Å². The Bertz CT molecular complexity index is 888. The molecule has 8 nitrogen and oxygen atoms in total. The fraction of sp³-hybridized carbons (Fsp3) is 0.500. The van der Waals surface area contributed by atoms with Crippen molar-refractivity contribution in [3.05, 3.63) is 42.0 Å². The van der Waals surface area contributed by atoms with Gasteiger partial charge in [0.1, 0.15) is 29.6 Å². The highest BCUT2D eigenvalue weighted by atomic mass is 19.1. The molecule has 164 valence electrons. The van der Waals surface area contributed by atoms with Crippen molar-refractivity contribution < 1.29 is 9.13 Å². The number of nitriles is 1. The lowest BCUT2D eigenvalue weighted by atomic mass is 10.2. The van der Waals surface area contributed by atoms with Crippen molar-refractivity contribution in [3.8, 4) is 6.07 Å². The van der Waals surface area contributed by atoms with Gasteiger partial charge >= 0.3 is 0 Å². The predicted octanol–water partition coefficient (Wildman–Crippen LogP) is 1.95. The number of anilines is 3. The Balaban J connectivity index is 1.23. The van der Waals surface area contributed by atoms with Crippen LogP contribution in [0.1, 0.15) is 12.0 Å². The summed E-state index contributed by atoms with van der Waals surface area (Å²) in [6.07, 6.45) is 2.47. The van der Waals surface area contributed by atoms with Crippen LogP contribution < -0.4 is 15.1 Å². The molecule has 0 amide bonds. The minimum absolute atomic E-state index is 0.199. The van der Waals surface area contributed by atoms with Crippen LogP contribution in [0.25, 0.3) is 0 Å². The average Bonchev–Trinajstić information content (AvgIpc) is 2.83. The van der Waals surface area contributed by atoms with Gasteiger partial charge in [0, 0.05) is 51.5 Å².